The molecule has 28 heavy (non-hydrogen) atoms. The number of hydrogen-bond donors (Lipinski definition) is 2. The predicted octanol–water partition coefficient (Wildman–Crippen LogP) is 2.93. The van der Waals surface area contributed by atoms with Gasteiger partial charge in [-0.1, -0.05) is 17.7 Å². The van der Waals surface area contributed by atoms with E-state index in [4.69, 9.17) is 27.3 Å². The lowest BCUT2D eigenvalue weighted by Crippen LogP contribution is -2.35. The number of primary amides is 1. The molecule has 2 rings (SSSR count). The number of hydrogen-bond acceptors (Lipinski definition) is 5. The number of nitrogens with zero attached hydrogens (tertiary/aromatic N) is 2. The number of carbonyl (C=O) groups excluding carboxylic acids is 3. The standard InChI is InChI=1S/C19H17ClN4O4/c20-14-3-1-4-16(11-14)24(10-2-9-21)17(25)12-28-18(26)13-5-7-15(8-6-13)23-19(22)27/h1,3-8,11H,2,10,12H2,(H3,22,23,27). The predicted molar refractivity (Wildman–Crippen MR) is 104 cm³/mol. The number of amides is 3. The average molecular weight is 401 g/mol. The van der Waals surface area contributed by atoms with Gasteiger partial charge in [-0.05, 0) is 42.5 Å². The Morgan fingerprint density at radius 2 is 1.89 bits per heavy atom. The van der Waals surface area contributed by atoms with Gasteiger partial charge < -0.3 is 20.7 Å². The van der Waals surface area contributed by atoms with Crippen molar-refractivity contribution in [2.45, 2.75) is 6.42 Å². The summed E-state index contributed by atoms with van der Waals surface area (Å²) in [5.41, 5.74) is 6.14. The van der Waals surface area contributed by atoms with Crippen molar-refractivity contribution >= 4 is 40.9 Å². The minimum absolute atomic E-state index is 0.112. The van der Waals surface area contributed by atoms with E-state index in [1.807, 2.05) is 6.07 Å². The van der Waals surface area contributed by atoms with Gasteiger partial charge in [0.05, 0.1) is 18.1 Å². The molecule has 9 heteroatoms. The van der Waals surface area contributed by atoms with Gasteiger partial charge in [0, 0.05) is 22.9 Å². The molecule has 0 spiro atoms. The van der Waals surface area contributed by atoms with Crippen LogP contribution in [0.1, 0.15) is 16.8 Å². The van der Waals surface area contributed by atoms with Gasteiger partial charge in [-0.2, -0.15) is 5.26 Å². The molecule has 0 saturated heterocycles. The number of carbonyl (C=O) groups is 3. The van der Waals surface area contributed by atoms with Gasteiger partial charge >= 0.3 is 12.0 Å². The second kappa shape index (κ2) is 9.94. The second-order valence-corrected chi connectivity index (χ2v) is 6.01. The molecule has 144 valence electrons. The summed E-state index contributed by atoms with van der Waals surface area (Å²) in [6, 6.07) is 13.7. The molecule has 0 unspecified atom stereocenters. The first-order valence-electron chi connectivity index (χ1n) is 8.17. The number of urea groups is 1. The Kier molecular flexibility index (Phi) is 7.37. The Labute approximate surface area is 166 Å². The van der Waals surface area contributed by atoms with Gasteiger partial charge in [0.2, 0.25) is 0 Å². The summed E-state index contributed by atoms with van der Waals surface area (Å²) in [7, 11) is 0. The summed E-state index contributed by atoms with van der Waals surface area (Å²) in [6.07, 6.45) is 0.112. The first-order valence-corrected chi connectivity index (χ1v) is 8.55. The fourth-order valence-electron chi connectivity index (χ4n) is 2.32. The zero-order valence-corrected chi connectivity index (χ0v) is 15.5. The van der Waals surface area contributed by atoms with Gasteiger partial charge in [0.15, 0.2) is 6.61 Å². The Bertz CT molecular complexity index is 909. The van der Waals surface area contributed by atoms with E-state index in [1.165, 1.54) is 29.2 Å². The third-order valence-electron chi connectivity index (χ3n) is 3.58. The molecule has 0 aliphatic carbocycles. The highest BCUT2D eigenvalue weighted by molar-refractivity contribution is 6.30. The molecule has 0 heterocycles. The number of ether oxygens (including phenoxy) is 1. The van der Waals surface area contributed by atoms with Gasteiger partial charge in [-0.25, -0.2) is 9.59 Å². The summed E-state index contributed by atoms with van der Waals surface area (Å²) in [6.45, 7) is -0.362. The van der Waals surface area contributed by atoms with Crippen LogP contribution in [0, 0.1) is 11.3 Å². The maximum Gasteiger partial charge on any atom is 0.338 e. The minimum atomic E-state index is -0.723. The first kappa shape index (κ1) is 20.7. The monoisotopic (exact) mass is 400 g/mol. The molecule has 0 aliphatic rings. The van der Waals surface area contributed by atoms with Crippen molar-refractivity contribution in [3.63, 3.8) is 0 Å². The lowest BCUT2D eigenvalue weighted by atomic mass is 10.2. The Hall–Kier alpha value is -3.57. The minimum Gasteiger partial charge on any atom is -0.452 e. The second-order valence-electron chi connectivity index (χ2n) is 5.58. The van der Waals surface area contributed by atoms with Crippen LogP contribution >= 0.6 is 11.6 Å². The maximum absolute atomic E-state index is 12.5. The van der Waals surface area contributed by atoms with E-state index in [0.717, 1.165) is 0 Å². The van der Waals surface area contributed by atoms with Crippen molar-refractivity contribution in [2.75, 3.05) is 23.4 Å². The zero-order valence-electron chi connectivity index (χ0n) is 14.7. The highest BCUT2D eigenvalue weighted by atomic mass is 35.5. The Morgan fingerprint density at radius 1 is 1.18 bits per heavy atom. The van der Waals surface area contributed by atoms with E-state index >= 15 is 0 Å². The molecule has 0 bridgehead atoms. The van der Waals surface area contributed by atoms with Gasteiger partial charge in [0.1, 0.15) is 0 Å². The number of benzene rings is 2. The largest absolute Gasteiger partial charge is 0.452 e. The molecular formula is C19H17ClN4O4. The smallest absolute Gasteiger partial charge is 0.338 e. The summed E-state index contributed by atoms with van der Waals surface area (Å²) in [5, 5.41) is 11.6. The number of nitriles is 1. The van der Waals surface area contributed by atoms with Gasteiger partial charge in [-0.15, -0.1) is 0 Å². The van der Waals surface area contributed by atoms with Crippen LogP contribution in [-0.4, -0.2) is 31.1 Å². The highest BCUT2D eigenvalue weighted by Crippen LogP contribution is 2.20. The van der Waals surface area contributed by atoms with Crippen LogP contribution in [0.4, 0.5) is 16.2 Å². The molecule has 0 aliphatic heterocycles. The molecule has 0 atom stereocenters. The maximum atomic E-state index is 12.5. The van der Waals surface area contributed by atoms with Crippen molar-refractivity contribution in [3.8, 4) is 6.07 Å². The number of rotatable bonds is 7. The quantitative estimate of drug-likeness (QED) is 0.691. The van der Waals surface area contributed by atoms with Crippen molar-refractivity contribution in [3.05, 3.63) is 59.1 Å². The summed E-state index contributed by atoms with van der Waals surface area (Å²) >= 11 is 5.96. The normalized spacial score (nSPS) is 9.86. The number of esters is 1. The Balaban J connectivity index is 2.02. The van der Waals surface area contributed by atoms with Crippen LogP contribution in [0.25, 0.3) is 0 Å². The molecule has 8 nitrogen and oxygen atoms in total. The van der Waals surface area contributed by atoms with E-state index in [1.54, 1.807) is 24.3 Å². The van der Waals surface area contributed by atoms with E-state index in [9.17, 15) is 14.4 Å². The molecule has 0 fully saturated rings. The molecule has 2 aromatic rings. The van der Waals surface area contributed by atoms with E-state index in [-0.39, 0.29) is 18.5 Å². The fraction of sp³-hybridized carbons (Fsp3) is 0.158. The summed E-state index contributed by atoms with van der Waals surface area (Å²) in [5.74, 6) is -1.19. The lowest BCUT2D eigenvalue weighted by molar-refractivity contribution is -0.121. The topological polar surface area (TPSA) is 126 Å². The zero-order chi connectivity index (χ0) is 20.5. The molecule has 0 radical (unpaired) electrons. The van der Waals surface area contributed by atoms with Crippen LogP contribution in [0.3, 0.4) is 0 Å². The van der Waals surface area contributed by atoms with Crippen LogP contribution in [-0.2, 0) is 9.53 Å². The number of halogens is 1. The highest BCUT2D eigenvalue weighted by Gasteiger charge is 2.18. The van der Waals surface area contributed by atoms with Gasteiger partial charge in [0.25, 0.3) is 5.91 Å². The van der Waals surface area contributed by atoms with E-state index in [0.29, 0.717) is 16.4 Å². The first-order chi connectivity index (χ1) is 13.4. The van der Waals surface area contributed by atoms with Crippen LogP contribution in [0.2, 0.25) is 5.02 Å². The molecule has 3 amide bonds. The Morgan fingerprint density at radius 3 is 2.50 bits per heavy atom. The van der Waals surface area contributed by atoms with Crippen molar-refractivity contribution in [2.24, 2.45) is 5.73 Å². The van der Waals surface area contributed by atoms with E-state index in [2.05, 4.69) is 5.32 Å². The van der Waals surface area contributed by atoms with Crippen molar-refractivity contribution in [1.29, 1.82) is 5.26 Å². The summed E-state index contributed by atoms with van der Waals surface area (Å²) in [4.78, 5) is 36.8. The van der Waals surface area contributed by atoms with Crippen LogP contribution < -0.4 is 16.0 Å². The SMILES string of the molecule is N#CCCN(C(=O)COC(=O)c1ccc(NC(N)=O)cc1)c1cccc(Cl)c1. The average Bonchev–Trinajstić information content (AvgIpc) is 2.66. The molecule has 0 saturated carbocycles. The van der Waals surface area contributed by atoms with E-state index < -0.39 is 24.5 Å². The van der Waals surface area contributed by atoms with Crippen LogP contribution in [0.15, 0.2) is 48.5 Å². The molecular weight excluding hydrogens is 384 g/mol. The summed E-state index contributed by atoms with van der Waals surface area (Å²) < 4.78 is 5.07. The number of anilines is 2. The third-order valence-corrected chi connectivity index (χ3v) is 3.82. The van der Waals surface area contributed by atoms with Crippen molar-refractivity contribution in [1.82, 2.24) is 0 Å². The molecule has 2 aromatic carbocycles. The van der Waals surface area contributed by atoms with Gasteiger partial charge in [-0.3, -0.25) is 4.79 Å². The van der Waals surface area contributed by atoms with Crippen molar-refractivity contribution < 1.29 is 19.1 Å². The third kappa shape index (κ3) is 6.00. The fourth-order valence-corrected chi connectivity index (χ4v) is 2.51. The molecule has 0 aromatic heterocycles. The lowest BCUT2D eigenvalue weighted by Gasteiger charge is -2.21. The number of nitrogens with two attached hydrogens (primary N) is 1. The van der Waals surface area contributed by atoms with Crippen LogP contribution in [0.5, 0.6) is 0 Å². The number of nitrogens with one attached hydrogen (secondary N) is 1. The molecule has 3 N–H and O–H groups in total.